The Kier molecular flexibility index (Phi) is 6.60. The molecule has 0 fully saturated rings. The van der Waals surface area contributed by atoms with E-state index in [0.29, 0.717) is 22.5 Å². The molecule has 1 heterocycles. The van der Waals surface area contributed by atoms with Gasteiger partial charge in [0.15, 0.2) is 0 Å². The molecule has 0 bridgehead atoms. The van der Waals surface area contributed by atoms with Gasteiger partial charge in [-0.05, 0) is 79.4 Å². The minimum absolute atomic E-state index is 0.411. The van der Waals surface area contributed by atoms with Crippen molar-refractivity contribution in [3.05, 3.63) is 89.0 Å². The molecule has 0 aliphatic heterocycles. The van der Waals surface area contributed by atoms with E-state index in [2.05, 4.69) is 50.5 Å². The Hall–Kier alpha value is -2.99. The number of nitrogen functional groups attached to an aromatic ring is 1. The van der Waals surface area contributed by atoms with Gasteiger partial charge in [0.1, 0.15) is 5.82 Å². The standard InChI is InChI=1S/C16H11F3N2.C9H12S/c17-16(18,19)13-3-1-2-10(9-13)11-4-6-14-12(8-11)5-7-15(20)21-14;1-6-4-7(2)9(10)8(3)5-6/h1-9H,(H2,20,21);4-5,10H,1-3H3. The molecule has 0 unspecified atom stereocenters. The number of nitrogens with zero attached hydrogens (tertiary/aromatic N) is 1. The highest BCUT2D eigenvalue weighted by molar-refractivity contribution is 7.80. The molecule has 31 heavy (non-hydrogen) atoms. The van der Waals surface area contributed by atoms with E-state index >= 15 is 0 Å². The first kappa shape index (κ1) is 22.7. The van der Waals surface area contributed by atoms with Crippen molar-refractivity contribution in [2.75, 3.05) is 5.73 Å². The molecule has 0 spiro atoms. The molecule has 6 heteroatoms. The summed E-state index contributed by atoms with van der Waals surface area (Å²) in [5.74, 6) is 0.411. The number of thiol groups is 1. The molecule has 0 amide bonds. The van der Waals surface area contributed by atoms with Gasteiger partial charge in [0.25, 0.3) is 0 Å². The van der Waals surface area contributed by atoms with Crippen LogP contribution in [0.2, 0.25) is 0 Å². The molecule has 4 rings (SSSR count). The summed E-state index contributed by atoms with van der Waals surface area (Å²) >= 11 is 4.36. The Morgan fingerprint density at radius 1 is 0.806 bits per heavy atom. The van der Waals surface area contributed by atoms with Crippen LogP contribution in [0.15, 0.2) is 71.6 Å². The van der Waals surface area contributed by atoms with Crippen molar-refractivity contribution in [3.8, 4) is 11.1 Å². The Labute approximate surface area is 185 Å². The van der Waals surface area contributed by atoms with Crippen LogP contribution in [0.25, 0.3) is 22.0 Å². The van der Waals surface area contributed by atoms with Crippen LogP contribution in [-0.4, -0.2) is 4.98 Å². The number of rotatable bonds is 1. The number of pyridine rings is 1. The number of hydrogen-bond acceptors (Lipinski definition) is 3. The summed E-state index contributed by atoms with van der Waals surface area (Å²) in [5.41, 5.74) is 10.7. The Balaban J connectivity index is 0.000000229. The zero-order valence-electron chi connectivity index (χ0n) is 17.5. The van der Waals surface area contributed by atoms with Crippen LogP contribution in [0.1, 0.15) is 22.3 Å². The largest absolute Gasteiger partial charge is 0.416 e. The van der Waals surface area contributed by atoms with Crippen LogP contribution in [-0.2, 0) is 6.18 Å². The van der Waals surface area contributed by atoms with Crippen LogP contribution in [0.3, 0.4) is 0 Å². The topological polar surface area (TPSA) is 38.9 Å². The fourth-order valence-corrected chi connectivity index (χ4v) is 3.50. The van der Waals surface area contributed by atoms with Crippen molar-refractivity contribution >= 4 is 29.3 Å². The van der Waals surface area contributed by atoms with E-state index in [1.54, 1.807) is 36.4 Å². The number of aromatic nitrogens is 1. The maximum absolute atomic E-state index is 12.8. The Morgan fingerprint density at radius 3 is 2.10 bits per heavy atom. The van der Waals surface area contributed by atoms with Crippen LogP contribution >= 0.6 is 12.6 Å². The lowest BCUT2D eigenvalue weighted by molar-refractivity contribution is -0.137. The van der Waals surface area contributed by atoms with Crippen LogP contribution in [0.4, 0.5) is 19.0 Å². The summed E-state index contributed by atoms with van der Waals surface area (Å²) in [6.07, 6.45) is -4.34. The average Bonchev–Trinajstić information content (AvgIpc) is 2.71. The average molecular weight is 441 g/mol. The van der Waals surface area contributed by atoms with Crippen LogP contribution < -0.4 is 5.73 Å². The fraction of sp³-hybridized carbons (Fsp3) is 0.160. The van der Waals surface area contributed by atoms with Gasteiger partial charge in [-0.1, -0.05) is 35.9 Å². The highest BCUT2D eigenvalue weighted by Gasteiger charge is 2.30. The van der Waals surface area contributed by atoms with Crippen molar-refractivity contribution in [1.82, 2.24) is 4.98 Å². The molecule has 0 saturated carbocycles. The van der Waals surface area contributed by atoms with Gasteiger partial charge in [0, 0.05) is 10.3 Å². The van der Waals surface area contributed by atoms with E-state index in [-0.39, 0.29) is 0 Å². The predicted molar refractivity (Wildman–Crippen MR) is 124 cm³/mol. The molecule has 2 N–H and O–H groups in total. The van der Waals surface area contributed by atoms with Gasteiger partial charge in [-0.15, -0.1) is 12.6 Å². The first-order chi connectivity index (χ1) is 14.5. The van der Waals surface area contributed by atoms with E-state index < -0.39 is 11.7 Å². The summed E-state index contributed by atoms with van der Waals surface area (Å²) in [7, 11) is 0. The fourth-order valence-electron chi connectivity index (χ4n) is 3.37. The van der Waals surface area contributed by atoms with E-state index in [1.165, 1.54) is 22.8 Å². The van der Waals surface area contributed by atoms with Crippen molar-refractivity contribution in [2.45, 2.75) is 31.8 Å². The molecule has 2 nitrogen and oxygen atoms in total. The van der Waals surface area contributed by atoms with Gasteiger partial charge < -0.3 is 5.73 Å². The van der Waals surface area contributed by atoms with Crippen LogP contribution in [0, 0.1) is 20.8 Å². The highest BCUT2D eigenvalue weighted by atomic mass is 32.1. The maximum atomic E-state index is 12.8. The lowest BCUT2D eigenvalue weighted by atomic mass is 10.0. The molecule has 0 aliphatic carbocycles. The van der Waals surface area contributed by atoms with Gasteiger partial charge in [-0.2, -0.15) is 13.2 Å². The first-order valence-electron chi connectivity index (χ1n) is 9.65. The third-order valence-electron chi connectivity index (χ3n) is 4.87. The molecular weight excluding hydrogens is 417 g/mol. The predicted octanol–water partition coefficient (Wildman–Crippen LogP) is 7.40. The molecule has 1 aromatic heterocycles. The summed E-state index contributed by atoms with van der Waals surface area (Å²) in [6.45, 7) is 6.28. The van der Waals surface area contributed by atoms with Crippen molar-refractivity contribution in [1.29, 1.82) is 0 Å². The second-order valence-electron chi connectivity index (χ2n) is 7.47. The molecule has 3 aromatic carbocycles. The smallest absolute Gasteiger partial charge is 0.384 e. The van der Waals surface area contributed by atoms with E-state index in [9.17, 15) is 13.2 Å². The zero-order chi connectivity index (χ0) is 22.8. The van der Waals surface area contributed by atoms with Gasteiger partial charge in [-0.25, -0.2) is 4.98 Å². The van der Waals surface area contributed by atoms with E-state index in [4.69, 9.17) is 5.73 Å². The molecule has 160 valence electrons. The van der Waals surface area contributed by atoms with Gasteiger partial charge in [0.05, 0.1) is 11.1 Å². The minimum Gasteiger partial charge on any atom is -0.384 e. The Bertz CT molecular complexity index is 1210. The SMILES string of the molecule is Cc1cc(C)c(S)c(C)c1.Nc1ccc2cc(-c3cccc(C(F)(F)F)c3)ccc2n1. The van der Waals surface area contributed by atoms with Crippen molar-refractivity contribution in [2.24, 2.45) is 0 Å². The molecule has 0 radical (unpaired) electrons. The summed E-state index contributed by atoms with van der Waals surface area (Å²) < 4.78 is 38.3. The van der Waals surface area contributed by atoms with Gasteiger partial charge in [0.2, 0.25) is 0 Å². The van der Waals surface area contributed by atoms with Crippen molar-refractivity contribution < 1.29 is 13.2 Å². The second-order valence-corrected chi connectivity index (χ2v) is 7.92. The number of anilines is 1. The molecule has 0 saturated heterocycles. The monoisotopic (exact) mass is 440 g/mol. The highest BCUT2D eigenvalue weighted by Crippen LogP contribution is 2.33. The molecule has 4 aromatic rings. The van der Waals surface area contributed by atoms with Gasteiger partial charge >= 0.3 is 6.18 Å². The lowest BCUT2D eigenvalue weighted by Crippen LogP contribution is -2.04. The number of hydrogen-bond donors (Lipinski definition) is 2. The second kappa shape index (κ2) is 9.02. The summed E-state index contributed by atoms with van der Waals surface area (Å²) in [4.78, 5) is 5.28. The van der Waals surface area contributed by atoms with Gasteiger partial charge in [-0.3, -0.25) is 0 Å². The third-order valence-corrected chi connectivity index (χ3v) is 5.57. The number of benzene rings is 3. The van der Waals surface area contributed by atoms with Crippen LogP contribution in [0.5, 0.6) is 0 Å². The molecular formula is C25H23F3N2S. The zero-order valence-corrected chi connectivity index (χ0v) is 18.4. The number of halogens is 3. The summed E-state index contributed by atoms with van der Waals surface area (Å²) in [6, 6.07) is 18.3. The third kappa shape index (κ3) is 5.58. The number of nitrogens with two attached hydrogens (primary N) is 1. The summed E-state index contributed by atoms with van der Waals surface area (Å²) in [5, 5.41) is 0.833. The first-order valence-corrected chi connectivity index (χ1v) is 10.1. The maximum Gasteiger partial charge on any atom is 0.416 e. The quantitative estimate of drug-likeness (QED) is 0.303. The lowest BCUT2D eigenvalue weighted by Gasteiger charge is -2.09. The van der Waals surface area contributed by atoms with E-state index in [0.717, 1.165) is 22.4 Å². The number of alkyl halides is 3. The minimum atomic E-state index is -4.34. The number of fused-ring (bicyclic) bond motifs is 1. The normalized spacial score (nSPS) is 11.2. The number of aryl methyl sites for hydroxylation is 3. The van der Waals surface area contributed by atoms with E-state index in [1.807, 2.05) is 0 Å². The molecule has 0 atom stereocenters. The molecule has 0 aliphatic rings. The van der Waals surface area contributed by atoms with Crippen molar-refractivity contribution in [3.63, 3.8) is 0 Å². The Morgan fingerprint density at radius 2 is 1.45 bits per heavy atom.